The molecule has 0 aromatic carbocycles. The zero-order valence-corrected chi connectivity index (χ0v) is 17.4. The van der Waals surface area contributed by atoms with Gasteiger partial charge in [-0.1, -0.05) is 6.07 Å². The Hall–Kier alpha value is -2.73. The summed E-state index contributed by atoms with van der Waals surface area (Å²) in [5, 5.41) is 7.12. The Bertz CT molecular complexity index is 1050. The van der Waals surface area contributed by atoms with Gasteiger partial charge in [0, 0.05) is 37.4 Å². The molecule has 1 N–H and O–H groups in total. The number of sulfonamides is 1. The van der Waals surface area contributed by atoms with E-state index in [1.54, 1.807) is 18.5 Å². The van der Waals surface area contributed by atoms with Gasteiger partial charge in [0.1, 0.15) is 0 Å². The minimum Gasteiger partial charge on any atom is -0.475 e. The van der Waals surface area contributed by atoms with E-state index in [4.69, 9.17) is 9.90 Å². The van der Waals surface area contributed by atoms with Crippen LogP contribution in [0.5, 0.6) is 0 Å². The van der Waals surface area contributed by atoms with Crippen molar-refractivity contribution >= 4 is 21.7 Å². The number of halogens is 3. The molecule has 1 spiro atoms. The lowest BCUT2D eigenvalue weighted by molar-refractivity contribution is -0.192. The highest BCUT2D eigenvalue weighted by Crippen LogP contribution is 2.46. The molecule has 1 unspecified atom stereocenters. The van der Waals surface area contributed by atoms with Crippen molar-refractivity contribution in [1.82, 2.24) is 14.9 Å². The molecule has 0 saturated carbocycles. The van der Waals surface area contributed by atoms with Gasteiger partial charge in [0.25, 0.3) is 0 Å². The van der Waals surface area contributed by atoms with Crippen LogP contribution in [0.4, 0.5) is 18.9 Å². The Morgan fingerprint density at radius 3 is 2.42 bits per heavy atom. The number of likely N-dealkylation sites (tertiary alicyclic amines) is 1. The minimum absolute atomic E-state index is 0.214. The van der Waals surface area contributed by atoms with Crippen molar-refractivity contribution in [3.8, 4) is 0 Å². The molecule has 1 atom stereocenters. The summed E-state index contributed by atoms with van der Waals surface area (Å²) in [4.78, 5) is 20.2. The summed E-state index contributed by atoms with van der Waals surface area (Å²) in [6, 6.07) is 9.59. The number of hydrogen-bond donors (Lipinski definition) is 1. The number of carbonyl (C=O) groups is 1. The smallest absolute Gasteiger partial charge is 0.475 e. The van der Waals surface area contributed by atoms with Gasteiger partial charge < -0.3 is 5.11 Å². The number of alkyl halides is 3. The summed E-state index contributed by atoms with van der Waals surface area (Å²) in [6.07, 6.45) is 0.659. The van der Waals surface area contributed by atoms with E-state index < -0.39 is 22.2 Å². The lowest BCUT2D eigenvalue weighted by Gasteiger charge is -2.24. The first kappa shape index (κ1) is 22.9. The van der Waals surface area contributed by atoms with Gasteiger partial charge in [-0.25, -0.2) is 13.2 Å². The number of hydrogen-bond acceptors (Lipinski definition) is 6. The molecule has 0 amide bonds. The van der Waals surface area contributed by atoms with Gasteiger partial charge in [0.2, 0.25) is 10.0 Å². The van der Waals surface area contributed by atoms with Gasteiger partial charge in [-0.3, -0.25) is 19.2 Å². The van der Waals surface area contributed by atoms with E-state index >= 15 is 0 Å². The van der Waals surface area contributed by atoms with E-state index in [1.807, 2.05) is 24.3 Å². The van der Waals surface area contributed by atoms with Crippen LogP contribution in [-0.2, 0) is 26.8 Å². The van der Waals surface area contributed by atoms with Crippen molar-refractivity contribution in [2.75, 3.05) is 30.2 Å². The molecule has 1 saturated heterocycles. The van der Waals surface area contributed by atoms with Crippen molar-refractivity contribution in [1.29, 1.82) is 0 Å². The van der Waals surface area contributed by atoms with E-state index in [9.17, 15) is 21.6 Å². The minimum atomic E-state index is -5.08. The highest BCUT2D eigenvalue weighted by molar-refractivity contribution is 7.92. The van der Waals surface area contributed by atoms with E-state index in [2.05, 4.69) is 14.9 Å². The number of pyridine rings is 2. The quantitative estimate of drug-likeness (QED) is 0.751. The average molecular weight is 458 g/mol. The molecule has 2 aromatic rings. The fourth-order valence-corrected chi connectivity index (χ4v) is 4.86. The Labute approximate surface area is 177 Å². The number of rotatable bonds is 3. The maximum absolute atomic E-state index is 12.2. The van der Waals surface area contributed by atoms with Crippen LogP contribution in [0.2, 0.25) is 0 Å². The second-order valence-corrected chi connectivity index (χ2v) is 9.41. The molecule has 2 aliphatic heterocycles. The molecular formula is C19H21F3N4O4S. The maximum Gasteiger partial charge on any atom is 0.490 e. The van der Waals surface area contributed by atoms with Crippen LogP contribution in [0.15, 0.2) is 42.7 Å². The summed E-state index contributed by atoms with van der Waals surface area (Å²) in [5.74, 6) is -2.76. The lowest BCUT2D eigenvalue weighted by atomic mass is 9.85. The summed E-state index contributed by atoms with van der Waals surface area (Å²) in [6.45, 7) is 2.99. The number of nitrogens with zero attached hydrogens (tertiary/aromatic N) is 4. The molecule has 168 valence electrons. The maximum atomic E-state index is 12.2. The third-order valence-corrected chi connectivity index (χ3v) is 6.32. The van der Waals surface area contributed by atoms with E-state index in [1.165, 1.54) is 10.6 Å². The van der Waals surface area contributed by atoms with Crippen LogP contribution in [0.1, 0.15) is 17.8 Å². The van der Waals surface area contributed by atoms with E-state index in [0.717, 1.165) is 43.1 Å². The molecule has 31 heavy (non-hydrogen) atoms. The van der Waals surface area contributed by atoms with Crippen LogP contribution in [0, 0.1) is 0 Å². The average Bonchev–Trinajstić information content (AvgIpc) is 3.24. The van der Waals surface area contributed by atoms with Gasteiger partial charge in [-0.05, 0) is 37.2 Å². The first-order valence-electron chi connectivity index (χ1n) is 9.28. The molecule has 4 heterocycles. The second-order valence-electron chi connectivity index (χ2n) is 7.51. The third kappa shape index (κ3) is 5.13. The van der Waals surface area contributed by atoms with Gasteiger partial charge in [0.05, 0.1) is 23.3 Å². The first-order chi connectivity index (χ1) is 14.4. The van der Waals surface area contributed by atoms with Gasteiger partial charge in [-0.15, -0.1) is 0 Å². The highest BCUT2D eigenvalue weighted by Gasteiger charge is 2.50. The number of carboxylic acids is 1. The molecule has 2 aliphatic rings. The number of fused-ring (bicyclic) bond motifs is 2. The molecule has 0 radical (unpaired) electrons. The van der Waals surface area contributed by atoms with Crippen molar-refractivity contribution in [3.05, 3.63) is 54.1 Å². The molecule has 12 heteroatoms. The predicted octanol–water partition coefficient (Wildman–Crippen LogP) is 2.03. The molecule has 0 bridgehead atoms. The van der Waals surface area contributed by atoms with E-state index in [-0.39, 0.29) is 5.41 Å². The van der Waals surface area contributed by atoms with Crippen molar-refractivity contribution < 1.29 is 31.5 Å². The fraction of sp³-hybridized carbons (Fsp3) is 0.421. The summed E-state index contributed by atoms with van der Waals surface area (Å²) >= 11 is 0. The lowest BCUT2D eigenvalue weighted by Crippen LogP contribution is -2.38. The zero-order chi connectivity index (χ0) is 22.9. The van der Waals surface area contributed by atoms with Crippen molar-refractivity contribution in [2.24, 2.45) is 0 Å². The first-order valence-corrected chi connectivity index (χ1v) is 11.1. The normalized spacial score (nSPS) is 21.0. The van der Waals surface area contributed by atoms with Gasteiger partial charge in [0.15, 0.2) is 0 Å². The third-order valence-electron chi connectivity index (χ3n) is 5.19. The number of anilines is 1. The summed E-state index contributed by atoms with van der Waals surface area (Å²) in [5.41, 5.74) is 2.47. The van der Waals surface area contributed by atoms with Crippen LogP contribution in [0.3, 0.4) is 0 Å². The van der Waals surface area contributed by atoms with Crippen molar-refractivity contribution in [2.45, 2.75) is 24.6 Å². The molecule has 4 rings (SSSR count). The van der Waals surface area contributed by atoms with Gasteiger partial charge in [-0.2, -0.15) is 13.2 Å². The van der Waals surface area contributed by atoms with Gasteiger partial charge >= 0.3 is 12.1 Å². The Balaban J connectivity index is 0.000000339. The molecule has 1 fully saturated rings. The number of aliphatic carboxylic acids is 1. The van der Waals surface area contributed by atoms with Crippen LogP contribution in [0.25, 0.3) is 0 Å². The zero-order valence-electron chi connectivity index (χ0n) is 16.6. The van der Waals surface area contributed by atoms with Crippen LogP contribution < -0.4 is 4.31 Å². The van der Waals surface area contributed by atoms with Crippen molar-refractivity contribution in [3.63, 3.8) is 0 Å². The van der Waals surface area contributed by atoms with E-state index in [0.29, 0.717) is 6.54 Å². The highest BCUT2D eigenvalue weighted by atomic mass is 32.2. The Morgan fingerprint density at radius 1 is 1.16 bits per heavy atom. The molecule has 0 aliphatic carbocycles. The monoisotopic (exact) mass is 458 g/mol. The fourth-order valence-electron chi connectivity index (χ4n) is 3.87. The predicted molar refractivity (Wildman–Crippen MR) is 106 cm³/mol. The Kier molecular flexibility index (Phi) is 6.23. The Morgan fingerprint density at radius 2 is 1.84 bits per heavy atom. The molecule has 2 aromatic heterocycles. The van der Waals surface area contributed by atoms with Crippen LogP contribution >= 0.6 is 0 Å². The largest absolute Gasteiger partial charge is 0.490 e. The summed E-state index contributed by atoms with van der Waals surface area (Å²) in [7, 11) is -3.29. The van der Waals surface area contributed by atoms with Crippen LogP contribution in [-0.4, -0.2) is 66.4 Å². The summed E-state index contributed by atoms with van der Waals surface area (Å²) < 4.78 is 57.6. The topological polar surface area (TPSA) is 104 Å². The second kappa shape index (κ2) is 8.42. The number of carboxylic acid groups (broad SMARTS) is 1. The SMILES string of the molecule is CS(=O)(=O)N1CC2(CCN(Cc3ccccn3)C2)c2ncccc21.O=C(O)C(F)(F)F. The standard InChI is InChI=1S/C17H20N4O2S.C2HF3O2/c1-24(22,23)21-13-17(16-15(21)6-4-9-19-16)7-10-20(12-17)11-14-5-2-3-8-18-14;3-2(4,5)1(6)7/h2-6,8-9H,7,10-13H2,1H3;(H,6,7). The molecule has 8 nitrogen and oxygen atoms in total. The molecular weight excluding hydrogens is 437 g/mol. The number of aromatic nitrogens is 2.